The lowest BCUT2D eigenvalue weighted by Crippen LogP contribution is -2.38. The zero-order valence-electron chi connectivity index (χ0n) is 15.6. The number of amides is 2. The molecule has 2 aromatic carbocycles. The van der Waals surface area contributed by atoms with Gasteiger partial charge in [-0.2, -0.15) is 5.10 Å². The molecule has 0 bridgehead atoms. The molecule has 7 nitrogen and oxygen atoms in total. The van der Waals surface area contributed by atoms with Crippen LogP contribution in [0.3, 0.4) is 0 Å². The molecular formula is C21H19FN4O3. The van der Waals surface area contributed by atoms with Gasteiger partial charge >= 0.3 is 0 Å². The normalized spacial score (nSPS) is 17.0. The van der Waals surface area contributed by atoms with Gasteiger partial charge in [0.1, 0.15) is 11.6 Å². The molecule has 0 aliphatic carbocycles. The number of carbonyl (C=O) groups is 2. The summed E-state index contributed by atoms with van der Waals surface area (Å²) in [5.74, 6) is 0.199. The Hall–Kier alpha value is -3.42. The Labute approximate surface area is 165 Å². The highest BCUT2D eigenvalue weighted by Crippen LogP contribution is 2.33. The second-order valence-corrected chi connectivity index (χ2v) is 7.41. The van der Waals surface area contributed by atoms with Crippen LogP contribution in [0.1, 0.15) is 34.8 Å². The fraction of sp³-hybridized carbons (Fsp3) is 0.286. The molecule has 1 fully saturated rings. The van der Waals surface area contributed by atoms with Crippen molar-refractivity contribution in [1.82, 2.24) is 15.1 Å². The number of hydrogen-bond acceptors (Lipinski definition) is 4. The number of ether oxygens (including phenoxy) is 1. The minimum atomic E-state index is -0.292. The molecule has 5 rings (SSSR count). The van der Waals surface area contributed by atoms with Gasteiger partial charge in [0.2, 0.25) is 0 Å². The number of aromatic nitrogens is 2. The minimum Gasteiger partial charge on any atom is -0.482 e. The minimum absolute atomic E-state index is 0.0116. The molecule has 148 valence electrons. The number of carbonyl (C=O) groups excluding carboxylic acids is 2. The van der Waals surface area contributed by atoms with Gasteiger partial charge in [-0.1, -0.05) is 0 Å². The van der Waals surface area contributed by atoms with Crippen LogP contribution in [0.15, 0.2) is 36.4 Å². The van der Waals surface area contributed by atoms with Gasteiger partial charge < -0.3 is 15.0 Å². The van der Waals surface area contributed by atoms with Crippen LogP contribution in [0.25, 0.3) is 10.9 Å². The number of aromatic amines is 1. The van der Waals surface area contributed by atoms with Crippen molar-refractivity contribution in [2.24, 2.45) is 0 Å². The van der Waals surface area contributed by atoms with Gasteiger partial charge in [0.05, 0.1) is 16.9 Å². The molecule has 3 aromatic rings. The molecule has 3 heterocycles. The smallest absolute Gasteiger partial charge is 0.262 e. The first-order valence-corrected chi connectivity index (χ1v) is 9.58. The third-order valence-electron chi connectivity index (χ3n) is 5.58. The maximum absolute atomic E-state index is 13.4. The molecule has 0 unspecified atom stereocenters. The number of nitrogens with zero attached hydrogens (tertiary/aromatic N) is 2. The van der Waals surface area contributed by atoms with Gasteiger partial charge in [-0.25, -0.2) is 4.39 Å². The summed E-state index contributed by atoms with van der Waals surface area (Å²) in [6.45, 7) is 1.21. The van der Waals surface area contributed by atoms with Crippen molar-refractivity contribution >= 4 is 28.4 Å². The predicted octanol–water partition coefficient (Wildman–Crippen LogP) is 3.05. The number of benzene rings is 2. The van der Waals surface area contributed by atoms with E-state index in [1.165, 1.54) is 12.1 Å². The average Bonchev–Trinajstić information content (AvgIpc) is 3.15. The lowest BCUT2D eigenvalue weighted by Gasteiger charge is -2.31. The third kappa shape index (κ3) is 3.20. The zero-order valence-corrected chi connectivity index (χ0v) is 15.6. The van der Waals surface area contributed by atoms with Gasteiger partial charge in [-0.3, -0.25) is 14.7 Å². The summed E-state index contributed by atoms with van der Waals surface area (Å²) in [5.41, 5.74) is 2.67. The van der Waals surface area contributed by atoms with E-state index in [0.29, 0.717) is 35.6 Å². The molecule has 0 atom stereocenters. The molecule has 1 aromatic heterocycles. The standard InChI is InChI=1S/C21H19FN4O3/c22-14-2-3-15-16(10-14)24-25-20(15)12-5-7-26(8-6-12)21(28)13-1-4-18-17(9-13)23-19(27)11-29-18/h1-4,9-10,12H,5-8,11H2,(H,23,27)(H,24,25). The second kappa shape index (κ2) is 6.88. The molecule has 0 radical (unpaired) electrons. The number of anilines is 1. The van der Waals surface area contributed by atoms with Crippen molar-refractivity contribution in [2.75, 3.05) is 25.0 Å². The number of piperidine rings is 1. The highest BCUT2D eigenvalue weighted by molar-refractivity contribution is 6.00. The van der Waals surface area contributed by atoms with Crippen molar-refractivity contribution < 1.29 is 18.7 Å². The van der Waals surface area contributed by atoms with Gasteiger partial charge in [-0.05, 0) is 49.2 Å². The van der Waals surface area contributed by atoms with E-state index < -0.39 is 0 Å². The fourth-order valence-corrected chi connectivity index (χ4v) is 4.08. The van der Waals surface area contributed by atoms with Crippen molar-refractivity contribution in [3.05, 3.63) is 53.5 Å². The fourth-order valence-electron chi connectivity index (χ4n) is 4.08. The van der Waals surface area contributed by atoms with Gasteiger partial charge in [0.25, 0.3) is 11.8 Å². The Morgan fingerprint density at radius 3 is 2.83 bits per heavy atom. The molecule has 0 spiro atoms. The molecule has 2 amide bonds. The lowest BCUT2D eigenvalue weighted by atomic mass is 9.91. The number of likely N-dealkylation sites (tertiary alicyclic amines) is 1. The Balaban J connectivity index is 1.29. The van der Waals surface area contributed by atoms with Crippen LogP contribution in [0.5, 0.6) is 5.75 Å². The largest absolute Gasteiger partial charge is 0.482 e. The van der Waals surface area contributed by atoms with Crippen molar-refractivity contribution in [2.45, 2.75) is 18.8 Å². The second-order valence-electron chi connectivity index (χ2n) is 7.41. The molecular weight excluding hydrogens is 375 g/mol. The van der Waals surface area contributed by atoms with E-state index in [2.05, 4.69) is 15.5 Å². The van der Waals surface area contributed by atoms with Crippen molar-refractivity contribution in [3.8, 4) is 5.75 Å². The quantitative estimate of drug-likeness (QED) is 0.699. The Morgan fingerprint density at radius 2 is 2.00 bits per heavy atom. The van der Waals surface area contributed by atoms with E-state index in [4.69, 9.17) is 4.74 Å². The van der Waals surface area contributed by atoms with Crippen LogP contribution < -0.4 is 10.1 Å². The number of nitrogens with one attached hydrogen (secondary N) is 2. The van der Waals surface area contributed by atoms with Crippen LogP contribution in [0, 0.1) is 5.82 Å². The van der Waals surface area contributed by atoms with Crippen LogP contribution in [-0.4, -0.2) is 46.6 Å². The van der Waals surface area contributed by atoms with E-state index in [0.717, 1.165) is 23.9 Å². The SMILES string of the molecule is O=C1COc2ccc(C(=O)N3CCC(c4n[nH]c5cc(F)ccc45)CC3)cc2N1. The number of halogens is 1. The first kappa shape index (κ1) is 17.7. The van der Waals surface area contributed by atoms with Crippen molar-refractivity contribution in [3.63, 3.8) is 0 Å². The molecule has 2 aliphatic rings. The van der Waals surface area contributed by atoms with Crippen LogP contribution >= 0.6 is 0 Å². The summed E-state index contributed by atoms with van der Waals surface area (Å²) in [6, 6.07) is 9.74. The van der Waals surface area contributed by atoms with Crippen LogP contribution in [0.4, 0.5) is 10.1 Å². The first-order valence-electron chi connectivity index (χ1n) is 9.58. The average molecular weight is 394 g/mol. The van der Waals surface area contributed by atoms with E-state index >= 15 is 0 Å². The van der Waals surface area contributed by atoms with Gasteiger partial charge in [0, 0.05) is 30.0 Å². The molecule has 2 aliphatic heterocycles. The molecule has 8 heteroatoms. The third-order valence-corrected chi connectivity index (χ3v) is 5.58. The van der Waals surface area contributed by atoms with Crippen LogP contribution in [0.2, 0.25) is 0 Å². The summed E-state index contributed by atoms with van der Waals surface area (Å²) in [6.07, 6.45) is 1.57. The summed E-state index contributed by atoms with van der Waals surface area (Å²) < 4.78 is 18.7. The van der Waals surface area contributed by atoms with Gasteiger partial charge in [0.15, 0.2) is 6.61 Å². The number of fused-ring (bicyclic) bond motifs is 2. The number of H-pyrrole nitrogens is 1. The Morgan fingerprint density at radius 1 is 1.17 bits per heavy atom. The predicted molar refractivity (Wildman–Crippen MR) is 104 cm³/mol. The molecule has 0 saturated carbocycles. The topological polar surface area (TPSA) is 87.3 Å². The number of rotatable bonds is 2. The molecule has 1 saturated heterocycles. The monoisotopic (exact) mass is 394 g/mol. The van der Waals surface area contributed by atoms with E-state index in [1.54, 1.807) is 24.3 Å². The maximum Gasteiger partial charge on any atom is 0.262 e. The number of hydrogen-bond donors (Lipinski definition) is 2. The summed E-state index contributed by atoms with van der Waals surface area (Å²) in [5, 5.41) is 11.0. The van der Waals surface area contributed by atoms with Gasteiger partial charge in [-0.15, -0.1) is 0 Å². The van der Waals surface area contributed by atoms with E-state index in [1.807, 2.05) is 4.90 Å². The first-order chi connectivity index (χ1) is 14.1. The summed E-state index contributed by atoms with van der Waals surface area (Å²) >= 11 is 0. The molecule has 2 N–H and O–H groups in total. The Kier molecular flexibility index (Phi) is 4.19. The van der Waals surface area contributed by atoms with E-state index in [9.17, 15) is 14.0 Å². The van der Waals surface area contributed by atoms with Crippen LogP contribution in [-0.2, 0) is 4.79 Å². The summed E-state index contributed by atoms with van der Waals surface area (Å²) in [7, 11) is 0. The summed E-state index contributed by atoms with van der Waals surface area (Å²) in [4.78, 5) is 26.2. The van der Waals surface area contributed by atoms with E-state index in [-0.39, 0.29) is 30.2 Å². The maximum atomic E-state index is 13.4. The highest BCUT2D eigenvalue weighted by Gasteiger charge is 2.28. The lowest BCUT2D eigenvalue weighted by molar-refractivity contribution is -0.118. The zero-order chi connectivity index (χ0) is 20.0. The van der Waals surface area contributed by atoms with Crippen molar-refractivity contribution in [1.29, 1.82) is 0 Å². The molecule has 29 heavy (non-hydrogen) atoms. The Bertz CT molecular complexity index is 1120. The highest BCUT2D eigenvalue weighted by atomic mass is 19.1.